The molecule has 2 aliphatic heterocycles. The molecule has 1 amide bonds. The van der Waals surface area contributed by atoms with E-state index in [-0.39, 0.29) is 42.7 Å². The highest BCUT2D eigenvalue weighted by atomic mass is 16.7. The van der Waals surface area contributed by atoms with Crippen LogP contribution in [-0.2, 0) is 32.2 Å². The van der Waals surface area contributed by atoms with E-state index in [1.165, 1.54) is 0 Å². The van der Waals surface area contributed by atoms with Crippen LogP contribution in [0.2, 0.25) is 0 Å². The SMILES string of the molecule is C[C@@H]1[C@H](CN2CCC[C@H]2C(=O)OC(C)(C)C)O[C@H](c2ccc(-c3cccc(CNC(=O)c4cccnc4)c3)cc2)O[C@@H]1c1ccc(CO)cc1. The number of hydrogen-bond donors (Lipinski definition) is 2. The normalized spacial score (nSPS) is 22.6. The predicted octanol–water partition coefficient (Wildman–Crippen LogP) is 6.77. The molecule has 4 aromatic rings. The minimum absolute atomic E-state index is 0.00762. The Hall–Kier alpha value is -4.41. The number of nitrogens with one attached hydrogen (secondary N) is 1. The van der Waals surface area contributed by atoms with Crippen LogP contribution < -0.4 is 5.32 Å². The van der Waals surface area contributed by atoms with E-state index in [4.69, 9.17) is 14.2 Å². The number of carbonyl (C=O) groups excluding carboxylic acids is 2. The summed E-state index contributed by atoms with van der Waals surface area (Å²) in [5.41, 5.74) is 5.78. The Bertz CT molecular complexity index is 1740. The van der Waals surface area contributed by atoms with Crippen molar-refractivity contribution in [3.8, 4) is 11.1 Å². The number of aromatic nitrogens is 1. The fourth-order valence-corrected chi connectivity index (χ4v) is 6.72. The Morgan fingerprint density at radius 1 is 0.940 bits per heavy atom. The Morgan fingerprint density at radius 2 is 1.70 bits per heavy atom. The highest BCUT2D eigenvalue weighted by Gasteiger charge is 2.42. The summed E-state index contributed by atoms with van der Waals surface area (Å²) in [6.45, 7) is 9.60. The number of benzene rings is 3. The van der Waals surface area contributed by atoms with Crippen molar-refractivity contribution in [1.29, 1.82) is 0 Å². The van der Waals surface area contributed by atoms with Crippen LogP contribution in [0.25, 0.3) is 11.1 Å². The van der Waals surface area contributed by atoms with Crippen LogP contribution in [0.5, 0.6) is 0 Å². The topological polar surface area (TPSA) is 110 Å². The van der Waals surface area contributed by atoms with Crippen LogP contribution in [0.1, 0.15) is 85.5 Å². The third kappa shape index (κ3) is 8.65. The van der Waals surface area contributed by atoms with Crippen molar-refractivity contribution in [3.05, 3.63) is 125 Å². The maximum absolute atomic E-state index is 13.2. The number of rotatable bonds is 10. The monoisotopic (exact) mass is 677 g/mol. The maximum atomic E-state index is 13.2. The number of ether oxygens (including phenoxy) is 3. The molecule has 9 nitrogen and oxygen atoms in total. The molecule has 1 aromatic heterocycles. The molecule has 2 aliphatic rings. The first-order valence-electron chi connectivity index (χ1n) is 17.4. The summed E-state index contributed by atoms with van der Waals surface area (Å²) in [6.07, 6.45) is 3.80. The van der Waals surface area contributed by atoms with Gasteiger partial charge in [0.25, 0.3) is 5.91 Å². The summed E-state index contributed by atoms with van der Waals surface area (Å²) in [5, 5.41) is 12.6. The molecule has 0 saturated carbocycles. The molecule has 0 radical (unpaired) electrons. The molecular formula is C41H47N3O6. The third-order valence-electron chi connectivity index (χ3n) is 9.40. The van der Waals surface area contributed by atoms with Gasteiger partial charge in [0.05, 0.1) is 24.4 Å². The number of nitrogens with zero attached hydrogens (tertiary/aromatic N) is 2. The molecule has 0 bridgehead atoms. The Balaban J connectivity index is 1.19. The quantitative estimate of drug-likeness (QED) is 0.177. The molecule has 3 aromatic carbocycles. The van der Waals surface area contributed by atoms with Crippen molar-refractivity contribution in [2.45, 2.75) is 83.8 Å². The summed E-state index contributed by atoms with van der Waals surface area (Å²) in [6, 6.07) is 27.4. The summed E-state index contributed by atoms with van der Waals surface area (Å²) < 4.78 is 19.2. The van der Waals surface area contributed by atoms with Crippen LogP contribution in [-0.4, -0.2) is 57.7 Å². The van der Waals surface area contributed by atoms with E-state index in [0.29, 0.717) is 18.7 Å². The molecule has 2 N–H and O–H groups in total. The molecule has 6 rings (SSSR count). The number of hydrogen-bond acceptors (Lipinski definition) is 8. The summed E-state index contributed by atoms with van der Waals surface area (Å²) in [5.74, 6) is -0.356. The van der Waals surface area contributed by atoms with E-state index >= 15 is 0 Å². The first-order valence-corrected chi connectivity index (χ1v) is 17.4. The highest BCUT2D eigenvalue weighted by Crippen LogP contribution is 2.42. The summed E-state index contributed by atoms with van der Waals surface area (Å²) >= 11 is 0. The molecule has 0 spiro atoms. The van der Waals surface area contributed by atoms with Crippen LogP contribution in [0, 0.1) is 5.92 Å². The third-order valence-corrected chi connectivity index (χ3v) is 9.40. The molecule has 0 unspecified atom stereocenters. The van der Waals surface area contributed by atoms with Gasteiger partial charge in [0.2, 0.25) is 0 Å². The van der Waals surface area contributed by atoms with Crippen molar-refractivity contribution in [2.24, 2.45) is 5.92 Å². The van der Waals surface area contributed by atoms with Gasteiger partial charge in [-0.25, -0.2) is 0 Å². The Labute approximate surface area is 294 Å². The Morgan fingerprint density at radius 3 is 2.40 bits per heavy atom. The van der Waals surface area contributed by atoms with Crippen LogP contribution in [0.3, 0.4) is 0 Å². The van der Waals surface area contributed by atoms with E-state index in [0.717, 1.165) is 52.8 Å². The van der Waals surface area contributed by atoms with Gasteiger partial charge in [-0.1, -0.05) is 73.7 Å². The maximum Gasteiger partial charge on any atom is 0.323 e. The van der Waals surface area contributed by atoms with Gasteiger partial charge in [-0.15, -0.1) is 0 Å². The van der Waals surface area contributed by atoms with E-state index in [9.17, 15) is 14.7 Å². The largest absolute Gasteiger partial charge is 0.459 e. The molecular weight excluding hydrogens is 630 g/mol. The van der Waals surface area contributed by atoms with Gasteiger partial charge in [-0.3, -0.25) is 19.5 Å². The zero-order valence-electron chi connectivity index (χ0n) is 29.2. The summed E-state index contributed by atoms with van der Waals surface area (Å²) in [4.78, 5) is 31.9. The number of likely N-dealkylation sites (tertiary alicyclic amines) is 1. The van der Waals surface area contributed by atoms with Gasteiger partial charge in [-0.2, -0.15) is 0 Å². The second-order valence-electron chi connectivity index (χ2n) is 14.3. The molecule has 5 atom stereocenters. The van der Waals surface area contributed by atoms with Gasteiger partial charge in [-0.05, 0) is 86.2 Å². The van der Waals surface area contributed by atoms with E-state index in [1.54, 1.807) is 24.5 Å². The smallest absolute Gasteiger partial charge is 0.323 e. The first kappa shape index (κ1) is 35.4. The second-order valence-corrected chi connectivity index (χ2v) is 14.3. The summed E-state index contributed by atoms with van der Waals surface area (Å²) in [7, 11) is 0. The number of carbonyl (C=O) groups is 2. The van der Waals surface area contributed by atoms with Crippen LogP contribution >= 0.6 is 0 Å². The van der Waals surface area contributed by atoms with Gasteiger partial charge < -0.3 is 24.6 Å². The van der Waals surface area contributed by atoms with Crippen molar-refractivity contribution in [3.63, 3.8) is 0 Å². The number of amides is 1. The lowest BCUT2D eigenvalue weighted by atomic mass is 9.89. The molecule has 3 heterocycles. The van der Waals surface area contributed by atoms with Gasteiger partial charge in [0.1, 0.15) is 11.6 Å². The van der Waals surface area contributed by atoms with Crippen molar-refractivity contribution in [2.75, 3.05) is 13.1 Å². The number of aliphatic hydroxyl groups excluding tert-OH is 1. The lowest BCUT2D eigenvalue weighted by Crippen LogP contribution is -2.48. The van der Waals surface area contributed by atoms with Gasteiger partial charge in [0.15, 0.2) is 6.29 Å². The molecule has 262 valence electrons. The molecule has 50 heavy (non-hydrogen) atoms. The molecule has 2 fully saturated rings. The number of pyridine rings is 1. The Kier molecular flexibility index (Phi) is 11.1. The van der Waals surface area contributed by atoms with Crippen LogP contribution in [0.4, 0.5) is 0 Å². The van der Waals surface area contributed by atoms with E-state index in [2.05, 4.69) is 46.4 Å². The first-order chi connectivity index (χ1) is 24.1. The average molecular weight is 678 g/mol. The zero-order chi connectivity index (χ0) is 35.3. The highest BCUT2D eigenvalue weighted by molar-refractivity contribution is 5.93. The molecule has 9 heteroatoms. The van der Waals surface area contributed by atoms with Crippen LogP contribution in [0.15, 0.2) is 97.3 Å². The number of esters is 1. The lowest BCUT2D eigenvalue weighted by molar-refractivity contribution is -0.276. The predicted molar refractivity (Wildman–Crippen MR) is 191 cm³/mol. The van der Waals surface area contributed by atoms with Crippen molar-refractivity contribution in [1.82, 2.24) is 15.2 Å². The second kappa shape index (κ2) is 15.6. The van der Waals surface area contributed by atoms with Gasteiger partial charge >= 0.3 is 5.97 Å². The fourth-order valence-electron chi connectivity index (χ4n) is 6.72. The van der Waals surface area contributed by atoms with E-state index < -0.39 is 11.9 Å². The minimum Gasteiger partial charge on any atom is -0.459 e. The van der Waals surface area contributed by atoms with E-state index in [1.807, 2.05) is 69.3 Å². The zero-order valence-corrected chi connectivity index (χ0v) is 29.2. The number of aliphatic hydroxyl groups is 1. The molecule has 2 saturated heterocycles. The van der Waals surface area contributed by atoms with Crippen molar-refractivity contribution < 1.29 is 28.9 Å². The standard InChI is InChI=1S/C41H47N3O6/c1-27-36(25-44-21-7-11-35(44)39(47)50-41(2,3)4)48-40(49-37(27)31-14-12-28(26-45)13-15-31)32-18-16-30(17-19-32)33-9-5-8-29(22-33)23-43-38(46)34-10-6-20-42-24-34/h5-6,8-10,12-20,22,24,27,35-37,40,45H,7,11,21,23,25-26H2,1-4H3,(H,43,46)/t27-,35+,36+,37+,40+/m1/s1. The fraction of sp³-hybridized carbons (Fsp3) is 0.390. The molecule has 0 aliphatic carbocycles. The minimum atomic E-state index is -0.621. The van der Waals surface area contributed by atoms with Gasteiger partial charge in [0, 0.05) is 37.0 Å². The lowest BCUT2D eigenvalue weighted by Gasteiger charge is -2.43. The average Bonchev–Trinajstić information content (AvgIpc) is 3.60. The van der Waals surface area contributed by atoms with Crippen molar-refractivity contribution >= 4 is 11.9 Å².